The molecule has 0 aliphatic rings. The van der Waals surface area contributed by atoms with Crippen molar-refractivity contribution in [3.63, 3.8) is 0 Å². The monoisotopic (exact) mass is 150 g/mol. The van der Waals surface area contributed by atoms with Gasteiger partial charge in [0.25, 0.3) is 0 Å². The molecule has 46 valence electrons. The van der Waals surface area contributed by atoms with Gasteiger partial charge in [0, 0.05) is 16.5 Å². The van der Waals surface area contributed by atoms with Crippen LogP contribution in [0.1, 0.15) is 5.56 Å². The molecule has 0 bridgehead atoms. The van der Waals surface area contributed by atoms with Gasteiger partial charge in [0.2, 0.25) is 0 Å². The maximum atomic E-state index is 2.08. The molecule has 0 atom stereocenters. The fraction of sp³-hybridized carbons (Fsp3) is 0.143. The largest absolute Gasteiger partial charge is 0.0622 e. The van der Waals surface area contributed by atoms with E-state index in [1.807, 2.05) is 18.2 Å². The minimum Gasteiger partial charge on any atom is -0.0622 e. The summed E-state index contributed by atoms with van der Waals surface area (Å²) in [5.41, 5.74) is 1.32. The molecule has 1 aromatic carbocycles. The molecule has 0 spiro atoms. The predicted molar refractivity (Wildman–Crippen MR) is 31.2 cm³/mol. The summed E-state index contributed by atoms with van der Waals surface area (Å²) < 4.78 is 0. The van der Waals surface area contributed by atoms with Crippen molar-refractivity contribution < 1.29 is 16.5 Å². The van der Waals surface area contributed by atoms with Crippen molar-refractivity contribution in [2.24, 2.45) is 0 Å². The smallest absolute Gasteiger partial charge is 0 e. The van der Waals surface area contributed by atoms with Crippen LogP contribution in [0.3, 0.4) is 0 Å². The second kappa shape index (κ2) is 3.68. The van der Waals surface area contributed by atoms with Crippen molar-refractivity contribution in [1.82, 2.24) is 0 Å². The van der Waals surface area contributed by atoms with Crippen LogP contribution in [0.5, 0.6) is 0 Å². The van der Waals surface area contributed by atoms with Crippen molar-refractivity contribution in [2.75, 3.05) is 0 Å². The third kappa shape index (κ3) is 2.13. The zero-order valence-corrected chi connectivity index (χ0v) is 5.69. The van der Waals surface area contributed by atoms with Crippen molar-refractivity contribution >= 4 is 0 Å². The van der Waals surface area contributed by atoms with Crippen molar-refractivity contribution in [3.8, 4) is 0 Å². The fourth-order valence-corrected chi connectivity index (χ4v) is 0.534. The van der Waals surface area contributed by atoms with E-state index in [1.54, 1.807) is 0 Å². The summed E-state index contributed by atoms with van der Waals surface area (Å²) in [6.07, 6.45) is 0. The van der Waals surface area contributed by atoms with Crippen LogP contribution in [-0.4, -0.2) is 0 Å². The first-order valence-corrected chi connectivity index (χ1v) is 2.41. The van der Waals surface area contributed by atoms with Crippen LogP contribution in [0.15, 0.2) is 30.3 Å². The van der Waals surface area contributed by atoms with E-state index in [1.165, 1.54) is 5.56 Å². The Morgan fingerprint density at radius 2 is 1.50 bits per heavy atom. The number of benzene rings is 1. The molecule has 0 heterocycles. The second-order valence-corrected chi connectivity index (χ2v) is 1.65. The van der Waals surface area contributed by atoms with Crippen LogP contribution in [0.25, 0.3) is 0 Å². The molecule has 0 N–H and O–H groups in total. The molecule has 8 heavy (non-hydrogen) atoms. The number of hydrogen-bond donors (Lipinski definition) is 0. The van der Waals surface area contributed by atoms with E-state index < -0.39 is 0 Å². The van der Waals surface area contributed by atoms with Crippen molar-refractivity contribution in [1.29, 1.82) is 0 Å². The van der Waals surface area contributed by atoms with E-state index in [-0.39, 0.29) is 16.5 Å². The van der Waals surface area contributed by atoms with Gasteiger partial charge in [-0.25, -0.2) is 0 Å². The Kier molecular flexibility index (Phi) is 3.55. The average Bonchev–Trinajstić information content (AvgIpc) is 1.69. The molecule has 0 radical (unpaired) electrons. The first-order chi connectivity index (χ1) is 3.39. The topological polar surface area (TPSA) is 0 Å². The second-order valence-electron chi connectivity index (χ2n) is 1.65. The third-order valence-corrected chi connectivity index (χ3v) is 0.940. The van der Waals surface area contributed by atoms with Gasteiger partial charge in [-0.05, 0) is 6.92 Å². The zero-order valence-electron chi connectivity index (χ0n) is 4.70. The van der Waals surface area contributed by atoms with Crippen LogP contribution in [0, 0.1) is 6.92 Å². The molecule has 0 aliphatic heterocycles. The molecule has 0 saturated heterocycles. The van der Waals surface area contributed by atoms with Crippen LogP contribution in [0.4, 0.5) is 0 Å². The minimum absolute atomic E-state index is 0. The number of rotatable bonds is 0. The summed E-state index contributed by atoms with van der Waals surface area (Å²) in [7, 11) is 0. The van der Waals surface area contributed by atoms with Gasteiger partial charge in [0.1, 0.15) is 0 Å². The molecule has 0 unspecified atom stereocenters. The molecule has 0 aliphatic carbocycles. The van der Waals surface area contributed by atoms with Crippen molar-refractivity contribution in [3.05, 3.63) is 35.9 Å². The summed E-state index contributed by atoms with van der Waals surface area (Å²) >= 11 is 0. The van der Waals surface area contributed by atoms with Crippen LogP contribution >= 0.6 is 0 Å². The van der Waals surface area contributed by atoms with E-state index in [4.69, 9.17) is 0 Å². The quantitative estimate of drug-likeness (QED) is 0.497. The Morgan fingerprint density at radius 1 is 1.00 bits per heavy atom. The van der Waals surface area contributed by atoms with E-state index in [0.29, 0.717) is 0 Å². The molecule has 0 nitrogen and oxygen atoms in total. The normalized spacial score (nSPS) is 7.62. The summed E-state index contributed by atoms with van der Waals surface area (Å²) in [6.45, 7) is 2.08. The number of hydrogen-bond acceptors (Lipinski definition) is 0. The molecular formula is C7H8Ni. The summed E-state index contributed by atoms with van der Waals surface area (Å²) in [5, 5.41) is 0. The Morgan fingerprint density at radius 3 is 1.75 bits per heavy atom. The first-order valence-electron chi connectivity index (χ1n) is 2.41. The van der Waals surface area contributed by atoms with Crippen molar-refractivity contribution in [2.45, 2.75) is 6.92 Å². The van der Waals surface area contributed by atoms with Gasteiger partial charge in [0.15, 0.2) is 0 Å². The van der Waals surface area contributed by atoms with Gasteiger partial charge >= 0.3 is 0 Å². The first kappa shape index (κ1) is 7.71. The Labute approximate surface area is 59.8 Å². The maximum Gasteiger partial charge on any atom is 0 e. The maximum absolute atomic E-state index is 2.08. The van der Waals surface area contributed by atoms with Gasteiger partial charge in [-0.15, -0.1) is 0 Å². The minimum atomic E-state index is 0. The summed E-state index contributed by atoms with van der Waals surface area (Å²) in [4.78, 5) is 0. The standard InChI is InChI=1S/C7H8.Ni/c1-7-5-3-2-4-6-7;/h2-6H,1H3;. The third-order valence-electron chi connectivity index (χ3n) is 0.940. The molecule has 0 fully saturated rings. The van der Waals surface area contributed by atoms with E-state index >= 15 is 0 Å². The Hall–Kier alpha value is -0.286. The van der Waals surface area contributed by atoms with Crippen LogP contribution in [0.2, 0.25) is 0 Å². The predicted octanol–water partition coefficient (Wildman–Crippen LogP) is 1.99. The molecule has 0 aromatic heterocycles. The average molecular weight is 151 g/mol. The van der Waals surface area contributed by atoms with Gasteiger partial charge < -0.3 is 0 Å². The molecule has 0 saturated carbocycles. The SMILES string of the molecule is Cc1ccccc1.[Ni]. The number of aryl methyl sites for hydroxylation is 1. The van der Waals surface area contributed by atoms with Gasteiger partial charge in [-0.3, -0.25) is 0 Å². The fourth-order valence-electron chi connectivity index (χ4n) is 0.534. The zero-order chi connectivity index (χ0) is 5.11. The summed E-state index contributed by atoms with van der Waals surface area (Å²) in [5.74, 6) is 0. The van der Waals surface area contributed by atoms with Crippen LogP contribution in [-0.2, 0) is 16.5 Å². The van der Waals surface area contributed by atoms with Gasteiger partial charge in [-0.1, -0.05) is 35.9 Å². The molecule has 1 aromatic rings. The molecular weight excluding hydrogens is 143 g/mol. The van der Waals surface area contributed by atoms with Gasteiger partial charge in [-0.2, -0.15) is 0 Å². The Balaban J connectivity index is 0.000000490. The van der Waals surface area contributed by atoms with Gasteiger partial charge in [0.05, 0.1) is 0 Å². The van der Waals surface area contributed by atoms with E-state index in [9.17, 15) is 0 Å². The summed E-state index contributed by atoms with van der Waals surface area (Å²) in [6, 6.07) is 10.3. The molecule has 1 rings (SSSR count). The van der Waals surface area contributed by atoms with E-state index in [0.717, 1.165) is 0 Å². The Bertz CT molecular complexity index is 134. The van der Waals surface area contributed by atoms with E-state index in [2.05, 4.69) is 19.1 Å². The molecule has 1 heteroatoms. The molecule has 0 amide bonds. The van der Waals surface area contributed by atoms with Crippen LogP contribution < -0.4 is 0 Å².